The monoisotopic (exact) mass is 285 g/mol. The van der Waals surface area contributed by atoms with E-state index in [-0.39, 0.29) is 5.25 Å². The molecule has 5 heteroatoms. The van der Waals surface area contributed by atoms with E-state index in [4.69, 9.17) is 17.3 Å². The molecule has 1 saturated carbocycles. The molecule has 0 aromatic heterocycles. The van der Waals surface area contributed by atoms with E-state index < -0.39 is 11.5 Å². The van der Waals surface area contributed by atoms with Gasteiger partial charge in [0, 0.05) is 15.2 Å². The summed E-state index contributed by atoms with van der Waals surface area (Å²) in [5.74, 6) is -0.895. The van der Waals surface area contributed by atoms with Crippen LogP contribution in [0, 0.1) is 0 Å². The van der Waals surface area contributed by atoms with Crippen molar-refractivity contribution in [2.75, 3.05) is 0 Å². The Labute approximate surface area is 116 Å². The molecule has 3 nitrogen and oxygen atoms in total. The lowest BCUT2D eigenvalue weighted by molar-refractivity contribution is -0.144. The summed E-state index contributed by atoms with van der Waals surface area (Å²) in [6.07, 6.45) is 3.32. The third-order valence-electron chi connectivity index (χ3n) is 3.37. The van der Waals surface area contributed by atoms with Crippen LogP contribution in [0.3, 0.4) is 0 Å². The molecule has 2 rings (SSSR count). The molecular weight excluding hydrogens is 270 g/mol. The van der Waals surface area contributed by atoms with Crippen LogP contribution >= 0.6 is 23.4 Å². The lowest BCUT2D eigenvalue weighted by atomic mass is 9.82. The van der Waals surface area contributed by atoms with Gasteiger partial charge in [0.25, 0.3) is 0 Å². The molecule has 1 aromatic carbocycles. The molecular formula is C13H16ClNO2S. The fraction of sp³-hybridized carbons (Fsp3) is 0.462. The third kappa shape index (κ3) is 2.82. The summed E-state index contributed by atoms with van der Waals surface area (Å²) in [4.78, 5) is 12.4. The van der Waals surface area contributed by atoms with Gasteiger partial charge in [-0.15, -0.1) is 11.8 Å². The van der Waals surface area contributed by atoms with Gasteiger partial charge < -0.3 is 10.8 Å². The Kier molecular flexibility index (Phi) is 4.20. The Morgan fingerprint density at radius 1 is 1.39 bits per heavy atom. The van der Waals surface area contributed by atoms with Gasteiger partial charge in [-0.3, -0.25) is 4.79 Å². The lowest BCUT2D eigenvalue weighted by Gasteiger charge is -2.37. The third-order valence-corrected chi connectivity index (χ3v) is 5.11. The quantitative estimate of drug-likeness (QED) is 0.895. The fourth-order valence-corrected chi connectivity index (χ4v) is 3.71. The van der Waals surface area contributed by atoms with E-state index in [9.17, 15) is 9.90 Å². The minimum Gasteiger partial charge on any atom is -0.480 e. The van der Waals surface area contributed by atoms with Gasteiger partial charge >= 0.3 is 5.97 Å². The predicted octanol–water partition coefficient (Wildman–Crippen LogP) is 3.16. The largest absolute Gasteiger partial charge is 0.480 e. The van der Waals surface area contributed by atoms with Gasteiger partial charge in [-0.05, 0) is 37.1 Å². The van der Waals surface area contributed by atoms with Gasteiger partial charge in [0.05, 0.1) is 0 Å². The molecule has 0 bridgehead atoms. The lowest BCUT2D eigenvalue weighted by Crippen LogP contribution is -2.57. The van der Waals surface area contributed by atoms with Crippen molar-refractivity contribution < 1.29 is 9.90 Å². The predicted molar refractivity (Wildman–Crippen MR) is 74.1 cm³/mol. The number of carboxylic acid groups (broad SMARTS) is 1. The molecule has 0 heterocycles. The topological polar surface area (TPSA) is 63.3 Å². The summed E-state index contributed by atoms with van der Waals surface area (Å²) < 4.78 is 0. The van der Waals surface area contributed by atoms with E-state index >= 15 is 0 Å². The number of nitrogens with two attached hydrogens (primary N) is 1. The molecule has 2 atom stereocenters. The normalized spacial score (nSPS) is 28.0. The molecule has 3 N–H and O–H groups in total. The van der Waals surface area contributed by atoms with Gasteiger partial charge in [-0.2, -0.15) is 0 Å². The molecule has 1 aliphatic rings. The van der Waals surface area contributed by atoms with Crippen molar-refractivity contribution in [2.45, 2.75) is 41.4 Å². The number of aliphatic carboxylic acids is 1. The average Bonchev–Trinajstić information content (AvgIpc) is 2.35. The molecule has 0 aliphatic heterocycles. The zero-order valence-corrected chi connectivity index (χ0v) is 11.5. The average molecular weight is 286 g/mol. The van der Waals surface area contributed by atoms with Crippen LogP contribution < -0.4 is 5.73 Å². The van der Waals surface area contributed by atoms with Crippen LogP contribution in [0.15, 0.2) is 29.2 Å². The Morgan fingerprint density at radius 2 is 2.06 bits per heavy atom. The van der Waals surface area contributed by atoms with Crippen molar-refractivity contribution in [3.63, 3.8) is 0 Å². The van der Waals surface area contributed by atoms with Crippen molar-refractivity contribution >= 4 is 29.3 Å². The van der Waals surface area contributed by atoms with Crippen LogP contribution in [0.25, 0.3) is 0 Å². The Hall–Kier alpha value is -0.710. The molecule has 1 aliphatic carbocycles. The van der Waals surface area contributed by atoms with E-state index in [2.05, 4.69) is 0 Å². The van der Waals surface area contributed by atoms with Crippen LogP contribution in [-0.4, -0.2) is 21.9 Å². The van der Waals surface area contributed by atoms with Crippen LogP contribution in [0.4, 0.5) is 0 Å². The highest BCUT2D eigenvalue weighted by molar-refractivity contribution is 8.00. The van der Waals surface area contributed by atoms with Crippen LogP contribution in [0.2, 0.25) is 5.02 Å². The van der Waals surface area contributed by atoms with Gasteiger partial charge in [0.1, 0.15) is 5.54 Å². The van der Waals surface area contributed by atoms with Crippen LogP contribution in [0.5, 0.6) is 0 Å². The summed E-state index contributed by atoms with van der Waals surface area (Å²) in [6.45, 7) is 0. The van der Waals surface area contributed by atoms with Crippen molar-refractivity contribution in [1.82, 2.24) is 0 Å². The van der Waals surface area contributed by atoms with E-state index in [1.807, 2.05) is 24.3 Å². The molecule has 1 aromatic rings. The van der Waals surface area contributed by atoms with Crippen molar-refractivity contribution in [3.05, 3.63) is 29.3 Å². The highest BCUT2D eigenvalue weighted by atomic mass is 35.5. The Balaban J connectivity index is 2.15. The first kappa shape index (κ1) is 13.7. The maximum Gasteiger partial charge on any atom is 0.324 e. The van der Waals surface area contributed by atoms with Gasteiger partial charge in [-0.25, -0.2) is 0 Å². The van der Waals surface area contributed by atoms with E-state index in [1.165, 1.54) is 0 Å². The minimum absolute atomic E-state index is 0.0788. The first-order valence-corrected chi connectivity index (χ1v) is 7.22. The Bertz CT molecular complexity index is 437. The number of benzene rings is 1. The van der Waals surface area contributed by atoms with Crippen molar-refractivity contribution in [1.29, 1.82) is 0 Å². The fourth-order valence-electron chi connectivity index (χ4n) is 2.25. The van der Waals surface area contributed by atoms with E-state index in [0.29, 0.717) is 11.4 Å². The zero-order chi connectivity index (χ0) is 13.2. The van der Waals surface area contributed by atoms with Crippen molar-refractivity contribution in [2.24, 2.45) is 5.73 Å². The number of halogens is 1. The van der Waals surface area contributed by atoms with E-state index in [0.717, 1.165) is 24.2 Å². The summed E-state index contributed by atoms with van der Waals surface area (Å²) in [5.41, 5.74) is 4.97. The minimum atomic E-state index is -1.11. The molecule has 2 unspecified atom stereocenters. The SMILES string of the molecule is NC1(C(=O)O)CCCCC1Sc1ccc(Cl)cc1. The zero-order valence-electron chi connectivity index (χ0n) is 9.93. The summed E-state index contributed by atoms with van der Waals surface area (Å²) in [5, 5.41) is 9.93. The molecule has 0 saturated heterocycles. The summed E-state index contributed by atoms with van der Waals surface area (Å²) in [6, 6.07) is 7.44. The molecule has 0 amide bonds. The van der Waals surface area contributed by atoms with Crippen LogP contribution in [0.1, 0.15) is 25.7 Å². The molecule has 18 heavy (non-hydrogen) atoms. The van der Waals surface area contributed by atoms with Gasteiger partial charge in [0.15, 0.2) is 0 Å². The first-order valence-electron chi connectivity index (χ1n) is 5.97. The number of thioether (sulfide) groups is 1. The number of hydrogen-bond donors (Lipinski definition) is 2. The second-order valence-corrected chi connectivity index (χ2v) is 6.36. The standard InChI is InChI=1S/C13H16ClNO2S/c14-9-4-6-10(7-5-9)18-11-3-1-2-8-13(11,15)12(16)17/h4-7,11H,1-3,8,15H2,(H,16,17). The number of carbonyl (C=O) groups is 1. The van der Waals surface area contributed by atoms with Gasteiger partial charge in [-0.1, -0.05) is 24.4 Å². The molecule has 0 radical (unpaired) electrons. The second kappa shape index (κ2) is 5.51. The molecule has 0 spiro atoms. The highest BCUT2D eigenvalue weighted by Crippen LogP contribution is 2.39. The maximum atomic E-state index is 11.4. The summed E-state index contributed by atoms with van der Waals surface area (Å²) >= 11 is 7.38. The van der Waals surface area contributed by atoms with Crippen LogP contribution in [-0.2, 0) is 4.79 Å². The van der Waals surface area contributed by atoms with Gasteiger partial charge in [0.2, 0.25) is 0 Å². The maximum absolute atomic E-state index is 11.4. The Morgan fingerprint density at radius 3 is 2.67 bits per heavy atom. The number of hydrogen-bond acceptors (Lipinski definition) is 3. The molecule has 98 valence electrons. The highest BCUT2D eigenvalue weighted by Gasteiger charge is 2.44. The number of carboxylic acids is 1. The second-order valence-electron chi connectivity index (χ2n) is 4.65. The smallest absolute Gasteiger partial charge is 0.324 e. The van der Waals surface area contributed by atoms with E-state index in [1.54, 1.807) is 11.8 Å². The first-order chi connectivity index (χ1) is 8.52. The summed E-state index contributed by atoms with van der Waals surface area (Å²) in [7, 11) is 0. The number of rotatable bonds is 3. The van der Waals surface area contributed by atoms with Crippen molar-refractivity contribution in [3.8, 4) is 0 Å². The molecule has 1 fully saturated rings.